The minimum absolute atomic E-state index is 0.000405. The summed E-state index contributed by atoms with van der Waals surface area (Å²) >= 11 is 0. The molecule has 0 radical (unpaired) electrons. The Morgan fingerprint density at radius 1 is 1.27 bits per heavy atom. The van der Waals surface area contributed by atoms with Crippen molar-refractivity contribution in [1.29, 1.82) is 0 Å². The number of rotatable bonds is 7. The van der Waals surface area contributed by atoms with Gasteiger partial charge in [0.05, 0.1) is 0 Å². The second kappa shape index (κ2) is 8.76. The van der Waals surface area contributed by atoms with Crippen molar-refractivity contribution in [2.24, 2.45) is 10.9 Å². The second-order valence-electron chi connectivity index (χ2n) is 5.96. The van der Waals surface area contributed by atoms with Gasteiger partial charge in [0.2, 0.25) is 0 Å². The zero-order chi connectivity index (χ0) is 15.8. The lowest BCUT2D eigenvalue weighted by Gasteiger charge is -2.28. The Morgan fingerprint density at radius 3 is 2.64 bits per heavy atom. The molecule has 0 saturated carbocycles. The predicted molar refractivity (Wildman–Crippen MR) is 88.7 cm³/mol. The summed E-state index contributed by atoms with van der Waals surface area (Å²) in [6.45, 7) is 4.94. The standard InChI is InChI=1S/C17H27N3O2/c1-14(15-8-4-2-5-9-15)17(18)19-22-13-16(21)12-20-10-6-3-7-11-20/h2,4-5,8-9,14,16,21H,3,6-7,10-13H2,1H3,(H2,18,19). The van der Waals surface area contributed by atoms with E-state index in [1.807, 2.05) is 37.3 Å². The summed E-state index contributed by atoms with van der Waals surface area (Å²) < 4.78 is 0. The van der Waals surface area contributed by atoms with Gasteiger partial charge >= 0.3 is 0 Å². The quantitative estimate of drug-likeness (QED) is 0.459. The SMILES string of the molecule is CC(C(N)=NOCC(O)CN1CCCCC1)c1ccccc1. The number of amidine groups is 1. The first-order chi connectivity index (χ1) is 10.7. The van der Waals surface area contributed by atoms with Crippen molar-refractivity contribution in [1.82, 2.24) is 4.90 Å². The fraction of sp³-hybridized carbons (Fsp3) is 0.588. The molecule has 1 fully saturated rings. The summed E-state index contributed by atoms with van der Waals surface area (Å²) in [5, 5.41) is 13.9. The van der Waals surface area contributed by atoms with Crippen LogP contribution in [-0.2, 0) is 4.84 Å². The van der Waals surface area contributed by atoms with E-state index in [4.69, 9.17) is 10.6 Å². The average molecular weight is 305 g/mol. The first-order valence-corrected chi connectivity index (χ1v) is 8.07. The zero-order valence-corrected chi connectivity index (χ0v) is 13.3. The number of piperidine rings is 1. The molecule has 1 aliphatic rings. The normalized spacial score (nSPS) is 19.6. The summed E-state index contributed by atoms with van der Waals surface area (Å²) in [6.07, 6.45) is 3.20. The molecule has 3 N–H and O–H groups in total. The smallest absolute Gasteiger partial charge is 0.146 e. The summed E-state index contributed by atoms with van der Waals surface area (Å²) in [4.78, 5) is 7.50. The van der Waals surface area contributed by atoms with Gasteiger partial charge in [-0.25, -0.2) is 0 Å². The Balaban J connectivity index is 1.73. The maximum absolute atomic E-state index is 9.99. The number of nitrogens with zero attached hydrogens (tertiary/aromatic N) is 2. The number of likely N-dealkylation sites (tertiary alicyclic amines) is 1. The maximum Gasteiger partial charge on any atom is 0.146 e. The van der Waals surface area contributed by atoms with Crippen molar-refractivity contribution in [3.05, 3.63) is 35.9 Å². The Morgan fingerprint density at radius 2 is 1.95 bits per heavy atom. The van der Waals surface area contributed by atoms with Gasteiger partial charge in [0.15, 0.2) is 0 Å². The molecule has 1 aromatic rings. The van der Waals surface area contributed by atoms with E-state index in [0.29, 0.717) is 12.4 Å². The number of aliphatic hydroxyl groups is 1. The highest BCUT2D eigenvalue weighted by atomic mass is 16.6. The summed E-state index contributed by atoms with van der Waals surface area (Å²) in [6, 6.07) is 9.94. The van der Waals surface area contributed by atoms with E-state index in [9.17, 15) is 5.11 Å². The Hall–Kier alpha value is -1.59. The van der Waals surface area contributed by atoms with Crippen LogP contribution in [0.1, 0.15) is 37.7 Å². The molecule has 122 valence electrons. The summed E-state index contributed by atoms with van der Waals surface area (Å²) in [5.41, 5.74) is 7.05. The van der Waals surface area contributed by atoms with Crippen LogP contribution in [0, 0.1) is 0 Å². The van der Waals surface area contributed by atoms with Crippen molar-refractivity contribution < 1.29 is 9.94 Å². The maximum atomic E-state index is 9.99. The van der Waals surface area contributed by atoms with Gasteiger partial charge in [-0.05, 0) is 31.5 Å². The number of β-amino-alcohol motifs (C(OH)–C–C–N with tert-alkyl or cyclic N) is 1. The van der Waals surface area contributed by atoms with Gasteiger partial charge in [-0.15, -0.1) is 0 Å². The van der Waals surface area contributed by atoms with Crippen LogP contribution in [0.25, 0.3) is 0 Å². The topological polar surface area (TPSA) is 71.1 Å². The van der Waals surface area contributed by atoms with Crippen molar-refractivity contribution in [3.8, 4) is 0 Å². The van der Waals surface area contributed by atoms with Gasteiger partial charge in [-0.2, -0.15) is 0 Å². The van der Waals surface area contributed by atoms with Gasteiger partial charge in [0.25, 0.3) is 0 Å². The molecule has 2 rings (SSSR count). The lowest BCUT2D eigenvalue weighted by Crippen LogP contribution is -2.38. The Labute approximate surface area is 132 Å². The van der Waals surface area contributed by atoms with Crippen LogP contribution in [0.15, 0.2) is 35.5 Å². The minimum atomic E-state index is -0.526. The molecule has 1 aromatic carbocycles. The van der Waals surface area contributed by atoms with Gasteiger partial charge in [-0.3, -0.25) is 0 Å². The third-order valence-corrected chi connectivity index (χ3v) is 4.10. The average Bonchev–Trinajstić information content (AvgIpc) is 2.55. The van der Waals surface area contributed by atoms with Crippen LogP contribution >= 0.6 is 0 Å². The molecular weight excluding hydrogens is 278 g/mol. The van der Waals surface area contributed by atoms with E-state index < -0.39 is 6.10 Å². The van der Waals surface area contributed by atoms with Crippen LogP contribution < -0.4 is 5.73 Å². The monoisotopic (exact) mass is 305 g/mol. The van der Waals surface area contributed by atoms with Crippen LogP contribution in [0.4, 0.5) is 0 Å². The van der Waals surface area contributed by atoms with E-state index in [1.165, 1.54) is 19.3 Å². The van der Waals surface area contributed by atoms with E-state index in [1.54, 1.807) is 0 Å². The molecule has 1 heterocycles. The van der Waals surface area contributed by atoms with Gasteiger partial charge in [-0.1, -0.05) is 48.8 Å². The first-order valence-electron chi connectivity index (χ1n) is 8.07. The fourth-order valence-electron chi connectivity index (χ4n) is 2.68. The van der Waals surface area contributed by atoms with Crippen molar-refractivity contribution in [3.63, 3.8) is 0 Å². The van der Waals surface area contributed by atoms with Gasteiger partial charge in [0, 0.05) is 12.5 Å². The molecule has 2 unspecified atom stereocenters. The molecule has 0 bridgehead atoms. The Bertz CT molecular complexity index is 458. The lowest BCUT2D eigenvalue weighted by molar-refractivity contribution is 0.0154. The van der Waals surface area contributed by atoms with E-state index in [-0.39, 0.29) is 12.5 Å². The molecule has 0 aromatic heterocycles. The van der Waals surface area contributed by atoms with E-state index in [0.717, 1.165) is 18.7 Å². The van der Waals surface area contributed by atoms with Crippen molar-refractivity contribution in [2.45, 2.75) is 38.2 Å². The number of oxime groups is 1. The molecule has 1 saturated heterocycles. The van der Waals surface area contributed by atoms with Crippen LogP contribution in [0.2, 0.25) is 0 Å². The minimum Gasteiger partial charge on any atom is -0.392 e. The third-order valence-electron chi connectivity index (χ3n) is 4.10. The van der Waals surface area contributed by atoms with Gasteiger partial charge in [0.1, 0.15) is 18.5 Å². The molecule has 1 aliphatic heterocycles. The lowest BCUT2D eigenvalue weighted by atomic mass is 10.0. The summed E-state index contributed by atoms with van der Waals surface area (Å²) in [5.74, 6) is 0.428. The molecule has 22 heavy (non-hydrogen) atoms. The largest absolute Gasteiger partial charge is 0.392 e. The fourth-order valence-corrected chi connectivity index (χ4v) is 2.68. The van der Waals surface area contributed by atoms with Gasteiger partial charge < -0.3 is 20.6 Å². The molecule has 2 atom stereocenters. The van der Waals surface area contributed by atoms with Crippen LogP contribution in [-0.4, -0.2) is 48.2 Å². The number of benzene rings is 1. The Kier molecular flexibility index (Phi) is 6.68. The number of nitrogens with two attached hydrogens (primary N) is 1. The van der Waals surface area contributed by atoms with Crippen molar-refractivity contribution >= 4 is 5.84 Å². The number of hydrogen-bond donors (Lipinski definition) is 2. The van der Waals surface area contributed by atoms with Crippen LogP contribution in [0.3, 0.4) is 0 Å². The highest BCUT2D eigenvalue weighted by Crippen LogP contribution is 2.14. The highest BCUT2D eigenvalue weighted by molar-refractivity contribution is 5.86. The number of hydrogen-bond acceptors (Lipinski definition) is 4. The zero-order valence-electron chi connectivity index (χ0n) is 13.3. The van der Waals surface area contributed by atoms with Crippen molar-refractivity contribution in [2.75, 3.05) is 26.2 Å². The molecule has 0 amide bonds. The first kappa shape index (κ1) is 16.8. The highest BCUT2D eigenvalue weighted by Gasteiger charge is 2.15. The molecule has 0 spiro atoms. The van der Waals surface area contributed by atoms with E-state index >= 15 is 0 Å². The third kappa shape index (κ3) is 5.31. The van der Waals surface area contributed by atoms with E-state index in [2.05, 4.69) is 10.1 Å². The molecular formula is C17H27N3O2. The molecule has 5 nitrogen and oxygen atoms in total. The predicted octanol–water partition coefficient (Wildman–Crippen LogP) is 1.93. The molecule has 5 heteroatoms. The molecule has 0 aliphatic carbocycles. The number of aliphatic hydroxyl groups excluding tert-OH is 1. The van der Waals surface area contributed by atoms with Crippen LogP contribution in [0.5, 0.6) is 0 Å². The summed E-state index contributed by atoms with van der Waals surface area (Å²) in [7, 11) is 0. The second-order valence-corrected chi connectivity index (χ2v) is 5.96.